The highest BCUT2D eigenvalue weighted by atomic mass is 16.1. The summed E-state index contributed by atoms with van der Waals surface area (Å²) in [6.07, 6.45) is 4.86. The van der Waals surface area contributed by atoms with Gasteiger partial charge in [0.25, 0.3) is 0 Å². The first-order valence-electron chi connectivity index (χ1n) is 4.80. The third-order valence-corrected chi connectivity index (χ3v) is 2.07. The highest BCUT2D eigenvalue weighted by Gasteiger charge is 2.00. The lowest BCUT2D eigenvalue weighted by Gasteiger charge is -2.04. The second kappa shape index (κ2) is 4.52. The van der Waals surface area contributed by atoms with E-state index in [1.54, 1.807) is 19.4 Å². The molecule has 0 aliphatic heterocycles. The average molecular weight is 217 g/mol. The largest absolute Gasteiger partial charge is 0.357 e. The summed E-state index contributed by atoms with van der Waals surface area (Å²) < 4.78 is 1.43. The van der Waals surface area contributed by atoms with Gasteiger partial charge in [0.2, 0.25) is 5.95 Å². The zero-order valence-electron chi connectivity index (χ0n) is 8.79. The summed E-state index contributed by atoms with van der Waals surface area (Å²) in [5.41, 5.74) is 0.605. The van der Waals surface area contributed by atoms with Crippen LogP contribution in [0.4, 0.5) is 5.95 Å². The maximum absolute atomic E-state index is 11.6. The van der Waals surface area contributed by atoms with Gasteiger partial charge in [-0.15, -0.1) is 0 Å². The summed E-state index contributed by atoms with van der Waals surface area (Å²) in [6.45, 7) is 0.427. The number of aromatic nitrogens is 4. The van der Waals surface area contributed by atoms with Crippen molar-refractivity contribution in [3.63, 3.8) is 0 Å². The van der Waals surface area contributed by atoms with Crippen molar-refractivity contribution >= 4 is 5.95 Å². The van der Waals surface area contributed by atoms with Crippen molar-refractivity contribution in [2.75, 3.05) is 12.4 Å². The summed E-state index contributed by atoms with van der Waals surface area (Å²) in [6, 6.07) is 3.72. The van der Waals surface area contributed by atoms with Crippen LogP contribution in [0.1, 0.15) is 5.56 Å². The van der Waals surface area contributed by atoms with Crippen molar-refractivity contribution in [1.29, 1.82) is 0 Å². The van der Waals surface area contributed by atoms with E-state index in [-0.39, 0.29) is 5.69 Å². The highest BCUT2D eigenvalue weighted by molar-refractivity contribution is 5.19. The number of hydrogen-bond donors (Lipinski definition) is 1. The van der Waals surface area contributed by atoms with Gasteiger partial charge in [-0.25, -0.2) is 9.78 Å². The topological polar surface area (TPSA) is 72.7 Å². The fourth-order valence-electron chi connectivity index (χ4n) is 1.27. The Hall–Kier alpha value is -2.24. The Morgan fingerprint density at radius 1 is 1.50 bits per heavy atom. The number of pyridine rings is 1. The first-order valence-corrected chi connectivity index (χ1v) is 4.80. The highest BCUT2D eigenvalue weighted by Crippen LogP contribution is 1.97. The van der Waals surface area contributed by atoms with E-state index in [0.29, 0.717) is 12.5 Å². The smallest absolute Gasteiger partial charge is 0.352 e. The number of nitrogens with zero attached hydrogens (tertiary/aromatic N) is 4. The summed E-state index contributed by atoms with van der Waals surface area (Å²) in [7, 11) is 1.67. The van der Waals surface area contributed by atoms with E-state index in [2.05, 4.69) is 20.3 Å². The van der Waals surface area contributed by atoms with E-state index >= 15 is 0 Å². The van der Waals surface area contributed by atoms with E-state index in [4.69, 9.17) is 0 Å². The molecule has 0 aromatic carbocycles. The fourth-order valence-corrected chi connectivity index (χ4v) is 1.27. The Labute approximate surface area is 92.0 Å². The second-order valence-corrected chi connectivity index (χ2v) is 3.20. The van der Waals surface area contributed by atoms with Crippen LogP contribution < -0.4 is 11.0 Å². The summed E-state index contributed by atoms with van der Waals surface area (Å²) in [5, 5.41) is 2.71. The number of hydrogen-bond acceptors (Lipinski definition) is 5. The molecule has 0 atom stereocenters. The number of nitrogens with one attached hydrogen (secondary N) is 1. The Kier molecular flexibility index (Phi) is 2.90. The van der Waals surface area contributed by atoms with E-state index in [1.165, 1.54) is 10.9 Å². The van der Waals surface area contributed by atoms with Crippen molar-refractivity contribution < 1.29 is 0 Å². The zero-order chi connectivity index (χ0) is 11.4. The molecule has 2 heterocycles. The van der Waals surface area contributed by atoms with E-state index in [0.717, 1.165) is 5.56 Å². The van der Waals surface area contributed by atoms with E-state index in [1.807, 2.05) is 12.1 Å². The third-order valence-electron chi connectivity index (χ3n) is 2.07. The predicted octanol–water partition coefficient (Wildman–Crippen LogP) is 0.123. The lowest BCUT2D eigenvalue weighted by molar-refractivity contribution is 0.700. The van der Waals surface area contributed by atoms with Gasteiger partial charge in [-0.2, -0.15) is 4.98 Å². The maximum atomic E-state index is 11.6. The van der Waals surface area contributed by atoms with Crippen LogP contribution in [-0.4, -0.2) is 26.6 Å². The normalized spacial score (nSPS) is 10.1. The minimum atomic E-state index is -0.330. The molecule has 16 heavy (non-hydrogen) atoms. The van der Waals surface area contributed by atoms with Crippen LogP contribution in [0.5, 0.6) is 0 Å². The number of anilines is 1. The number of rotatable bonds is 3. The second-order valence-electron chi connectivity index (χ2n) is 3.20. The van der Waals surface area contributed by atoms with Crippen molar-refractivity contribution in [3.05, 3.63) is 46.9 Å². The van der Waals surface area contributed by atoms with E-state index < -0.39 is 0 Å². The van der Waals surface area contributed by atoms with Crippen LogP contribution in [0.15, 0.2) is 35.6 Å². The minimum Gasteiger partial charge on any atom is -0.357 e. The van der Waals surface area contributed by atoms with Gasteiger partial charge in [0.05, 0.1) is 6.54 Å². The molecule has 0 unspecified atom stereocenters. The summed E-state index contributed by atoms with van der Waals surface area (Å²) >= 11 is 0. The van der Waals surface area contributed by atoms with Crippen LogP contribution in [0.2, 0.25) is 0 Å². The molecule has 2 rings (SSSR count). The quantitative estimate of drug-likeness (QED) is 0.790. The predicted molar refractivity (Wildman–Crippen MR) is 59.2 cm³/mol. The van der Waals surface area contributed by atoms with Gasteiger partial charge in [-0.3, -0.25) is 9.55 Å². The fraction of sp³-hybridized carbons (Fsp3) is 0.200. The molecule has 0 aliphatic rings. The monoisotopic (exact) mass is 217 g/mol. The van der Waals surface area contributed by atoms with Crippen LogP contribution in [0, 0.1) is 0 Å². The van der Waals surface area contributed by atoms with E-state index in [9.17, 15) is 4.79 Å². The van der Waals surface area contributed by atoms with Crippen LogP contribution in [0.25, 0.3) is 0 Å². The SMILES string of the molecule is CNc1ncn(Cc2cccnc2)c(=O)n1. The third kappa shape index (κ3) is 2.22. The molecule has 6 heteroatoms. The van der Waals surface area contributed by atoms with Crippen LogP contribution in [-0.2, 0) is 6.54 Å². The van der Waals surface area contributed by atoms with Gasteiger partial charge in [-0.05, 0) is 11.6 Å². The molecule has 2 aromatic heterocycles. The first kappa shape index (κ1) is 10.3. The molecule has 0 aliphatic carbocycles. The van der Waals surface area contributed by atoms with Gasteiger partial charge in [-0.1, -0.05) is 6.07 Å². The minimum absolute atomic E-state index is 0.326. The van der Waals surface area contributed by atoms with Crippen LogP contribution in [0.3, 0.4) is 0 Å². The Balaban J connectivity index is 2.26. The first-order chi connectivity index (χ1) is 7.79. The standard InChI is InChI=1S/C10H11N5O/c1-11-9-13-7-15(10(16)14-9)6-8-3-2-4-12-5-8/h2-5,7H,6H2,1H3,(H,11,14,16). The average Bonchev–Trinajstić information content (AvgIpc) is 2.33. The molecule has 0 amide bonds. The molecule has 0 spiro atoms. The lowest BCUT2D eigenvalue weighted by Crippen LogP contribution is -2.24. The molecule has 0 bridgehead atoms. The molecular formula is C10H11N5O. The molecule has 82 valence electrons. The van der Waals surface area contributed by atoms with Crippen molar-refractivity contribution in [3.8, 4) is 0 Å². The molecule has 6 nitrogen and oxygen atoms in total. The molecule has 0 fully saturated rings. The maximum Gasteiger partial charge on any atom is 0.352 e. The zero-order valence-corrected chi connectivity index (χ0v) is 8.79. The van der Waals surface area contributed by atoms with Crippen molar-refractivity contribution in [2.45, 2.75) is 6.54 Å². The van der Waals surface area contributed by atoms with Crippen molar-refractivity contribution in [2.24, 2.45) is 0 Å². The van der Waals surface area contributed by atoms with Gasteiger partial charge in [0, 0.05) is 19.4 Å². The molecule has 0 radical (unpaired) electrons. The molecule has 0 saturated carbocycles. The van der Waals surface area contributed by atoms with Gasteiger partial charge < -0.3 is 5.32 Å². The van der Waals surface area contributed by atoms with Crippen molar-refractivity contribution in [1.82, 2.24) is 19.5 Å². The Morgan fingerprint density at radius 2 is 2.38 bits per heavy atom. The summed E-state index contributed by atoms with van der Waals surface area (Å²) in [4.78, 5) is 23.3. The molecule has 1 N–H and O–H groups in total. The van der Waals surface area contributed by atoms with Gasteiger partial charge in [0.15, 0.2) is 0 Å². The van der Waals surface area contributed by atoms with Crippen LogP contribution >= 0.6 is 0 Å². The molecular weight excluding hydrogens is 206 g/mol. The summed E-state index contributed by atoms with van der Waals surface area (Å²) in [5.74, 6) is 0.326. The Bertz CT molecular complexity index is 522. The Morgan fingerprint density at radius 3 is 3.00 bits per heavy atom. The lowest BCUT2D eigenvalue weighted by atomic mass is 10.3. The van der Waals surface area contributed by atoms with Gasteiger partial charge >= 0.3 is 5.69 Å². The molecule has 2 aromatic rings. The van der Waals surface area contributed by atoms with Gasteiger partial charge in [0.1, 0.15) is 6.33 Å². The molecule has 0 saturated heterocycles.